The van der Waals surface area contributed by atoms with Crippen molar-refractivity contribution in [2.75, 3.05) is 6.61 Å². The summed E-state index contributed by atoms with van der Waals surface area (Å²) in [6.07, 6.45) is 6.30. The maximum atomic E-state index is 5.71. The Labute approximate surface area is 135 Å². The van der Waals surface area contributed by atoms with E-state index < -0.39 is 0 Å². The average molecular weight is 308 g/mol. The molecule has 1 saturated carbocycles. The number of para-hydroxylation sites is 2. The number of fused-ring (bicyclic) bond motifs is 1. The second-order valence-corrected chi connectivity index (χ2v) is 5.73. The molecule has 1 fully saturated rings. The maximum Gasteiger partial charge on any atom is 0.400 e. The summed E-state index contributed by atoms with van der Waals surface area (Å²) in [4.78, 5) is 4.29. The summed E-state index contributed by atoms with van der Waals surface area (Å²) in [6, 6.07) is 15.1. The molecule has 0 unspecified atom stereocenters. The number of rotatable bonds is 7. The van der Waals surface area contributed by atoms with Gasteiger partial charge < -0.3 is 13.9 Å². The van der Waals surface area contributed by atoms with Crippen molar-refractivity contribution in [3.63, 3.8) is 0 Å². The highest BCUT2D eigenvalue weighted by molar-refractivity contribution is 5.72. The molecule has 0 saturated heterocycles. The summed E-state index contributed by atoms with van der Waals surface area (Å²) >= 11 is 0. The van der Waals surface area contributed by atoms with Crippen molar-refractivity contribution >= 4 is 11.1 Å². The molecule has 23 heavy (non-hydrogen) atoms. The second kappa shape index (κ2) is 6.32. The lowest BCUT2D eigenvalue weighted by molar-refractivity contribution is 0.316. The van der Waals surface area contributed by atoms with Crippen LogP contribution in [-0.2, 0) is 0 Å². The smallest absolute Gasteiger partial charge is 0.400 e. The molecule has 0 bridgehead atoms. The molecular weight excluding hydrogens is 290 g/mol. The zero-order valence-electron chi connectivity index (χ0n) is 12.8. The molecule has 4 heteroatoms. The summed E-state index contributed by atoms with van der Waals surface area (Å²) < 4.78 is 16.9. The predicted molar refractivity (Wildman–Crippen MR) is 87.7 cm³/mol. The SMILES string of the molecule is [CH](CCOc1ccc(Oc2nc3ccccc3o2)cc1)C1CC1. The van der Waals surface area contributed by atoms with Crippen LogP contribution in [0, 0.1) is 12.3 Å². The third kappa shape index (κ3) is 3.65. The maximum absolute atomic E-state index is 5.71. The molecule has 4 nitrogen and oxygen atoms in total. The van der Waals surface area contributed by atoms with E-state index in [1.165, 1.54) is 12.8 Å². The Kier molecular flexibility index (Phi) is 3.88. The number of nitrogens with zero attached hydrogens (tertiary/aromatic N) is 1. The summed E-state index contributed by atoms with van der Waals surface area (Å²) in [7, 11) is 0. The minimum Gasteiger partial charge on any atom is -0.494 e. The fourth-order valence-corrected chi connectivity index (χ4v) is 2.41. The van der Waals surface area contributed by atoms with E-state index in [9.17, 15) is 0 Å². The molecule has 0 atom stereocenters. The minimum atomic E-state index is 0.249. The lowest BCUT2D eigenvalue weighted by Gasteiger charge is -2.06. The molecule has 1 aliphatic rings. The summed E-state index contributed by atoms with van der Waals surface area (Å²) in [5, 5.41) is 0. The van der Waals surface area contributed by atoms with Gasteiger partial charge in [0.25, 0.3) is 0 Å². The number of benzene rings is 2. The first-order valence-corrected chi connectivity index (χ1v) is 7.96. The minimum absolute atomic E-state index is 0.249. The highest BCUT2D eigenvalue weighted by Gasteiger charge is 2.20. The van der Waals surface area contributed by atoms with Crippen LogP contribution >= 0.6 is 0 Å². The van der Waals surface area contributed by atoms with Crippen LogP contribution in [0.25, 0.3) is 11.1 Å². The van der Waals surface area contributed by atoms with Crippen LogP contribution in [0.4, 0.5) is 0 Å². The van der Waals surface area contributed by atoms with Crippen LogP contribution in [0.3, 0.4) is 0 Å². The van der Waals surface area contributed by atoms with Crippen molar-refractivity contribution in [2.45, 2.75) is 19.3 Å². The lowest BCUT2D eigenvalue weighted by atomic mass is 10.2. The Morgan fingerprint density at radius 2 is 1.83 bits per heavy atom. The normalized spacial score (nSPS) is 14.1. The molecule has 0 aliphatic heterocycles. The lowest BCUT2D eigenvalue weighted by Crippen LogP contribution is -1.98. The van der Waals surface area contributed by atoms with Gasteiger partial charge in [0, 0.05) is 0 Å². The van der Waals surface area contributed by atoms with E-state index in [0.717, 1.165) is 35.8 Å². The van der Waals surface area contributed by atoms with Gasteiger partial charge >= 0.3 is 6.08 Å². The van der Waals surface area contributed by atoms with E-state index in [0.29, 0.717) is 5.75 Å². The Hall–Kier alpha value is -2.49. The van der Waals surface area contributed by atoms with Crippen LogP contribution in [0.1, 0.15) is 19.3 Å². The van der Waals surface area contributed by atoms with Crippen molar-refractivity contribution in [1.82, 2.24) is 4.98 Å². The van der Waals surface area contributed by atoms with Crippen molar-refractivity contribution < 1.29 is 13.9 Å². The van der Waals surface area contributed by atoms with Gasteiger partial charge in [0.05, 0.1) is 6.61 Å². The van der Waals surface area contributed by atoms with E-state index in [1.807, 2.05) is 48.5 Å². The largest absolute Gasteiger partial charge is 0.494 e. The Bertz CT molecular complexity index is 742. The van der Waals surface area contributed by atoms with Crippen LogP contribution in [-0.4, -0.2) is 11.6 Å². The molecule has 1 aliphatic carbocycles. The molecule has 0 amide bonds. The highest BCUT2D eigenvalue weighted by Crippen LogP contribution is 2.32. The van der Waals surface area contributed by atoms with Gasteiger partial charge in [-0.1, -0.05) is 12.1 Å². The Morgan fingerprint density at radius 1 is 1.04 bits per heavy atom. The summed E-state index contributed by atoms with van der Waals surface area (Å²) in [5.41, 5.74) is 1.50. The van der Waals surface area contributed by atoms with E-state index in [-0.39, 0.29) is 6.08 Å². The standard InChI is InChI=1S/C19H18NO3/c1-2-6-18-17(5-1)20-19(23-18)22-16-11-9-15(10-12-16)21-13-3-4-14-7-8-14/h1-2,4-6,9-12,14H,3,7-8,13H2. The predicted octanol–water partition coefficient (Wildman–Crippen LogP) is 5.00. The topological polar surface area (TPSA) is 44.5 Å². The Balaban J connectivity index is 1.33. The van der Waals surface area contributed by atoms with E-state index in [1.54, 1.807) is 0 Å². The number of oxazole rings is 1. The molecule has 1 radical (unpaired) electrons. The number of ether oxygens (including phenoxy) is 2. The molecule has 1 heterocycles. The van der Waals surface area contributed by atoms with Crippen LogP contribution in [0.5, 0.6) is 17.6 Å². The highest BCUT2D eigenvalue weighted by atomic mass is 16.6. The van der Waals surface area contributed by atoms with Crippen LogP contribution < -0.4 is 9.47 Å². The average Bonchev–Trinajstić information content (AvgIpc) is 3.31. The van der Waals surface area contributed by atoms with Gasteiger partial charge in [0.1, 0.15) is 17.0 Å². The van der Waals surface area contributed by atoms with Gasteiger partial charge in [-0.2, -0.15) is 4.98 Å². The van der Waals surface area contributed by atoms with E-state index in [4.69, 9.17) is 13.9 Å². The molecule has 1 aromatic heterocycles. The first-order valence-electron chi connectivity index (χ1n) is 7.96. The zero-order chi connectivity index (χ0) is 15.5. The van der Waals surface area contributed by atoms with Crippen molar-refractivity contribution in [3.8, 4) is 17.6 Å². The van der Waals surface area contributed by atoms with Crippen LogP contribution in [0.2, 0.25) is 0 Å². The van der Waals surface area contributed by atoms with Gasteiger partial charge in [-0.3, -0.25) is 0 Å². The number of aromatic nitrogens is 1. The van der Waals surface area contributed by atoms with E-state index in [2.05, 4.69) is 11.4 Å². The molecule has 3 aromatic rings. The third-order valence-corrected chi connectivity index (χ3v) is 3.81. The fourth-order valence-electron chi connectivity index (χ4n) is 2.41. The first-order chi connectivity index (χ1) is 11.4. The van der Waals surface area contributed by atoms with Gasteiger partial charge in [-0.05, 0) is 68.0 Å². The second-order valence-electron chi connectivity index (χ2n) is 5.73. The fraction of sp³-hybridized carbons (Fsp3) is 0.263. The molecule has 0 spiro atoms. The quantitative estimate of drug-likeness (QED) is 0.576. The first kappa shape index (κ1) is 14.1. The molecule has 0 N–H and O–H groups in total. The summed E-state index contributed by atoms with van der Waals surface area (Å²) in [5.74, 6) is 2.36. The number of hydrogen-bond donors (Lipinski definition) is 0. The molecule has 2 aromatic carbocycles. The molecular formula is C19H18NO3. The molecule has 4 rings (SSSR count). The van der Waals surface area contributed by atoms with Crippen LogP contribution in [0.15, 0.2) is 52.9 Å². The van der Waals surface area contributed by atoms with E-state index >= 15 is 0 Å². The van der Waals surface area contributed by atoms with Gasteiger partial charge in [-0.25, -0.2) is 0 Å². The zero-order valence-corrected chi connectivity index (χ0v) is 12.8. The van der Waals surface area contributed by atoms with Gasteiger partial charge in [0.15, 0.2) is 5.58 Å². The van der Waals surface area contributed by atoms with Gasteiger partial charge in [-0.15, -0.1) is 0 Å². The van der Waals surface area contributed by atoms with Gasteiger partial charge in [0.2, 0.25) is 0 Å². The Morgan fingerprint density at radius 3 is 2.61 bits per heavy atom. The van der Waals surface area contributed by atoms with Crippen molar-refractivity contribution in [1.29, 1.82) is 0 Å². The molecule has 117 valence electrons. The van der Waals surface area contributed by atoms with Crippen molar-refractivity contribution in [2.24, 2.45) is 5.92 Å². The van der Waals surface area contributed by atoms with Crippen molar-refractivity contribution in [3.05, 3.63) is 55.0 Å². The summed E-state index contributed by atoms with van der Waals surface area (Å²) in [6.45, 7) is 0.724. The monoisotopic (exact) mass is 308 g/mol. The number of hydrogen-bond acceptors (Lipinski definition) is 4. The third-order valence-electron chi connectivity index (χ3n) is 3.81.